The average Bonchev–Trinajstić information content (AvgIpc) is 2.88. The third-order valence-corrected chi connectivity index (χ3v) is 4.45. The third kappa shape index (κ3) is 3.53. The minimum absolute atomic E-state index is 0.116. The highest BCUT2D eigenvalue weighted by Crippen LogP contribution is 2.29. The molecular weight excluding hydrogens is 272 g/mol. The van der Waals surface area contributed by atoms with Crippen molar-refractivity contribution in [2.45, 2.75) is 39.2 Å². The number of nitrogens with one attached hydrogen (secondary N) is 2. The molecule has 2 N–H and O–H groups in total. The Hall–Kier alpha value is -1.06. The molecule has 1 aromatic rings. The van der Waals surface area contributed by atoms with Gasteiger partial charge in [0.1, 0.15) is 0 Å². The van der Waals surface area contributed by atoms with Crippen LogP contribution < -0.4 is 10.6 Å². The quantitative estimate of drug-likeness (QED) is 0.877. The van der Waals surface area contributed by atoms with E-state index in [-0.39, 0.29) is 17.4 Å². The Balaban J connectivity index is 1.94. The lowest BCUT2D eigenvalue weighted by atomic mass is 9.83. The molecule has 0 bridgehead atoms. The summed E-state index contributed by atoms with van der Waals surface area (Å²) in [6.07, 6.45) is 2.62. The molecule has 0 aromatic heterocycles. The van der Waals surface area contributed by atoms with Gasteiger partial charge in [0.05, 0.1) is 5.41 Å². The van der Waals surface area contributed by atoms with Gasteiger partial charge in [-0.25, -0.2) is 0 Å². The fourth-order valence-electron chi connectivity index (χ4n) is 2.85. The van der Waals surface area contributed by atoms with Gasteiger partial charge in [-0.15, -0.1) is 0 Å². The predicted molar refractivity (Wildman–Crippen MR) is 83.0 cm³/mol. The van der Waals surface area contributed by atoms with Crippen LogP contribution in [0.15, 0.2) is 24.3 Å². The Morgan fingerprint density at radius 1 is 1.55 bits per heavy atom. The highest BCUT2D eigenvalue weighted by atomic mass is 35.5. The lowest BCUT2D eigenvalue weighted by Crippen LogP contribution is -2.46. The maximum atomic E-state index is 12.5. The van der Waals surface area contributed by atoms with Gasteiger partial charge in [0.15, 0.2) is 0 Å². The van der Waals surface area contributed by atoms with Gasteiger partial charge in [-0.2, -0.15) is 0 Å². The fraction of sp³-hybridized carbons (Fsp3) is 0.562. The Labute approximate surface area is 126 Å². The molecule has 2 atom stereocenters. The van der Waals surface area contributed by atoms with Crippen LogP contribution >= 0.6 is 11.6 Å². The van der Waals surface area contributed by atoms with Crippen molar-refractivity contribution in [2.24, 2.45) is 5.41 Å². The van der Waals surface area contributed by atoms with Gasteiger partial charge < -0.3 is 10.6 Å². The van der Waals surface area contributed by atoms with Gasteiger partial charge in [0, 0.05) is 17.6 Å². The van der Waals surface area contributed by atoms with E-state index in [0.717, 1.165) is 42.9 Å². The van der Waals surface area contributed by atoms with Crippen LogP contribution in [0.5, 0.6) is 0 Å². The highest BCUT2D eigenvalue weighted by molar-refractivity contribution is 6.30. The largest absolute Gasteiger partial charge is 0.353 e. The van der Waals surface area contributed by atoms with Gasteiger partial charge in [0.25, 0.3) is 0 Å². The lowest BCUT2D eigenvalue weighted by Gasteiger charge is -2.27. The van der Waals surface area contributed by atoms with E-state index in [1.165, 1.54) is 0 Å². The maximum absolute atomic E-state index is 12.5. The number of hydrogen-bond acceptors (Lipinski definition) is 2. The van der Waals surface area contributed by atoms with E-state index in [4.69, 9.17) is 11.6 Å². The molecule has 1 heterocycles. The summed E-state index contributed by atoms with van der Waals surface area (Å²) >= 11 is 5.99. The van der Waals surface area contributed by atoms with Gasteiger partial charge >= 0.3 is 0 Å². The van der Waals surface area contributed by atoms with Crippen LogP contribution in [0.25, 0.3) is 0 Å². The monoisotopic (exact) mass is 294 g/mol. The average molecular weight is 295 g/mol. The van der Waals surface area contributed by atoms with E-state index in [9.17, 15) is 4.79 Å². The summed E-state index contributed by atoms with van der Waals surface area (Å²) < 4.78 is 0. The zero-order valence-electron chi connectivity index (χ0n) is 12.2. The normalized spacial score (nSPS) is 23.6. The topological polar surface area (TPSA) is 41.1 Å². The molecule has 20 heavy (non-hydrogen) atoms. The van der Waals surface area contributed by atoms with Gasteiger partial charge in [-0.05, 0) is 50.4 Å². The number of carbonyl (C=O) groups is 1. The Morgan fingerprint density at radius 3 is 2.95 bits per heavy atom. The SMILES string of the molecule is CCC1(C(=O)NC(C)Cc2cccc(Cl)c2)CCNC1. The van der Waals surface area contributed by atoms with Crippen LogP contribution in [0.3, 0.4) is 0 Å². The van der Waals surface area contributed by atoms with Crippen molar-refractivity contribution in [3.05, 3.63) is 34.9 Å². The van der Waals surface area contributed by atoms with Gasteiger partial charge in [-0.1, -0.05) is 30.7 Å². The summed E-state index contributed by atoms with van der Waals surface area (Å²) in [6.45, 7) is 5.86. The number of rotatable bonds is 5. The molecule has 1 fully saturated rings. The van der Waals surface area contributed by atoms with E-state index < -0.39 is 0 Å². The van der Waals surface area contributed by atoms with Crippen molar-refractivity contribution < 1.29 is 4.79 Å². The minimum Gasteiger partial charge on any atom is -0.353 e. The summed E-state index contributed by atoms with van der Waals surface area (Å²) in [5, 5.41) is 7.20. The van der Waals surface area contributed by atoms with Crippen molar-refractivity contribution in [1.82, 2.24) is 10.6 Å². The van der Waals surface area contributed by atoms with E-state index >= 15 is 0 Å². The van der Waals surface area contributed by atoms with Crippen molar-refractivity contribution in [2.75, 3.05) is 13.1 Å². The molecule has 2 rings (SSSR count). The highest BCUT2D eigenvalue weighted by Gasteiger charge is 2.39. The standard InChI is InChI=1S/C16H23ClN2O/c1-3-16(7-8-18-11-16)15(20)19-12(2)9-13-5-4-6-14(17)10-13/h4-6,10,12,18H,3,7-9,11H2,1-2H3,(H,19,20). The van der Waals surface area contributed by atoms with Crippen LogP contribution in [0, 0.1) is 5.41 Å². The third-order valence-electron chi connectivity index (χ3n) is 4.21. The number of carbonyl (C=O) groups excluding carboxylic acids is 1. The summed E-state index contributed by atoms with van der Waals surface area (Å²) in [6, 6.07) is 7.92. The first-order chi connectivity index (χ1) is 9.55. The first-order valence-electron chi connectivity index (χ1n) is 7.32. The van der Waals surface area contributed by atoms with Gasteiger partial charge in [0.2, 0.25) is 5.91 Å². The number of halogens is 1. The molecule has 1 amide bonds. The van der Waals surface area contributed by atoms with Crippen LogP contribution in [0.4, 0.5) is 0 Å². The second-order valence-electron chi connectivity index (χ2n) is 5.77. The number of hydrogen-bond donors (Lipinski definition) is 2. The molecule has 110 valence electrons. The molecule has 1 aromatic carbocycles. The summed E-state index contributed by atoms with van der Waals surface area (Å²) in [5.74, 6) is 0.180. The number of amides is 1. The second kappa shape index (κ2) is 6.59. The number of benzene rings is 1. The summed E-state index contributed by atoms with van der Waals surface area (Å²) in [5.41, 5.74) is 0.933. The molecule has 4 heteroatoms. The molecule has 1 aliphatic heterocycles. The van der Waals surface area contributed by atoms with Gasteiger partial charge in [-0.3, -0.25) is 4.79 Å². The fourth-order valence-corrected chi connectivity index (χ4v) is 3.06. The Morgan fingerprint density at radius 2 is 2.35 bits per heavy atom. The summed E-state index contributed by atoms with van der Waals surface area (Å²) in [4.78, 5) is 12.5. The molecule has 1 aliphatic rings. The van der Waals surface area contributed by atoms with E-state index in [2.05, 4.69) is 17.6 Å². The van der Waals surface area contributed by atoms with Crippen LogP contribution in [0.2, 0.25) is 5.02 Å². The van der Waals surface area contributed by atoms with Crippen molar-refractivity contribution in [3.8, 4) is 0 Å². The molecule has 0 aliphatic carbocycles. The van der Waals surface area contributed by atoms with Crippen molar-refractivity contribution >= 4 is 17.5 Å². The molecule has 3 nitrogen and oxygen atoms in total. The maximum Gasteiger partial charge on any atom is 0.227 e. The van der Waals surface area contributed by atoms with E-state index in [0.29, 0.717) is 0 Å². The Kier molecular flexibility index (Phi) is 5.06. The second-order valence-corrected chi connectivity index (χ2v) is 6.21. The minimum atomic E-state index is -0.220. The van der Waals surface area contributed by atoms with Crippen LogP contribution in [0.1, 0.15) is 32.3 Å². The zero-order chi connectivity index (χ0) is 14.6. The first-order valence-corrected chi connectivity index (χ1v) is 7.70. The van der Waals surface area contributed by atoms with Crippen molar-refractivity contribution in [3.63, 3.8) is 0 Å². The molecule has 0 saturated carbocycles. The smallest absolute Gasteiger partial charge is 0.227 e. The molecule has 2 unspecified atom stereocenters. The first kappa shape index (κ1) is 15.3. The molecule has 0 spiro atoms. The summed E-state index contributed by atoms with van der Waals surface area (Å²) in [7, 11) is 0. The van der Waals surface area contributed by atoms with Crippen LogP contribution in [-0.4, -0.2) is 25.0 Å². The van der Waals surface area contributed by atoms with Crippen molar-refractivity contribution in [1.29, 1.82) is 0 Å². The zero-order valence-corrected chi connectivity index (χ0v) is 13.0. The van der Waals surface area contributed by atoms with Crippen LogP contribution in [-0.2, 0) is 11.2 Å². The van der Waals surface area contributed by atoms with E-state index in [1.807, 2.05) is 31.2 Å². The lowest BCUT2D eigenvalue weighted by molar-refractivity contribution is -0.130. The molecule has 1 saturated heterocycles. The van der Waals surface area contributed by atoms with E-state index in [1.54, 1.807) is 0 Å². The molecular formula is C16H23ClN2O. The predicted octanol–water partition coefficient (Wildman–Crippen LogP) is 2.78. The Bertz CT molecular complexity index is 469. The molecule has 0 radical (unpaired) electrons.